The topological polar surface area (TPSA) is 95.5 Å². The lowest BCUT2D eigenvalue weighted by Gasteiger charge is -2.20. The maximum absolute atomic E-state index is 12.0. The summed E-state index contributed by atoms with van der Waals surface area (Å²) in [6.07, 6.45) is 2.85. The van der Waals surface area contributed by atoms with Crippen molar-refractivity contribution in [1.29, 1.82) is 0 Å². The van der Waals surface area contributed by atoms with Gasteiger partial charge in [-0.15, -0.1) is 0 Å². The number of sulfonamides is 1. The molecule has 0 aliphatic rings. The molecule has 1 unspecified atom stereocenters. The van der Waals surface area contributed by atoms with E-state index in [0.717, 1.165) is 0 Å². The van der Waals surface area contributed by atoms with Crippen molar-refractivity contribution in [2.75, 3.05) is 20.1 Å². The minimum Gasteiger partial charge on any atom is -0.355 e. The van der Waals surface area contributed by atoms with Crippen molar-refractivity contribution in [3.05, 3.63) is 24.5 Å². The molecule has 0 aliphatic carbocycles. The molecule has 1 aromatic heterocycles. The summed E-state index contributed by atoms with van der Waals surface area (Å²) in [7, 11) is -1.83. The minimum absolute atomic E-state index is 0.158. The SMILES string of the molecule is CN=C(NCCNS(=O)(=O)c1cccnc1)NC(C)C(C)C. The van der Waals surface area contributed by atoms with Crippen molar-refractivity contribution in [3.63, 3.8) is 0 Å². The van der Waals surface area contributed by atoms with Crippen LogP contribution in [0.25, 0.3) is 0 Å². The Kier molecular flexibility index (Phi) is 7.26. The van der Waals surface area contributed by atoms with Crippen LogP contribution in [0, 0.1) is 5.92 Å². The summed E-state index contributed by atoms with van der Waals surface area (Å²) in [5, 5.41) is 6.32. The van der Waals surface area contributed by atoms with E-state index in [-0.39, 0.29) is 17.5 Å². The molecule has 0 saturated heterocycles. The predicted molar refractivity (Wildman–Crippen MR) is 88.2 cm³/mol. The van der Waals surface area contributed by atoms with E-state index >= 15 is 0 Å². The number of aliphatic imine (C=N–C) groups is 1. The highest BCUT2D eigenvalue weighted by molar-refractivity contribution is 7.89. The van der Waals surface area contributed by atoms with E-state index in [4.69, 9.17) is 0 Å². The van der Waals surface area contributed by atoms with Gasteiger partial charge in [-0.1, -0.05) is 13.8 Å². The Labute approximate surface area is 132 Å². The highest BCUT2D eigenvalue weighted by atomic mass is 32.2. The van der Waals surface area contributed by atoms with Crippen molar-refractivity contribution in [2.24, 2.45) is 10.9 Å². The fourth-order valence-electron chi connectivity index (χ4n) is 1.53. The van der Waals surface area contributed by atoms with E-state index in [1.165, 1.54) is 18.5 Å². The molecule has 3 N–H and O–H groups in total. The molecule has 0 aromatic carbocycles. The molecule has 0 aliphatic heterocycles. The normalized spacial score (nSPS) is 14.0. The van der Waals surface area contributed by atoms with Gasteiger partial charge in [-0.25, -0.2) is 13.1 Å². The van der Waals surface area contributed by atoms with E-state index in [1.54, 1.807) is 13.1 Å². The Morgan fingerprint density at radius 3 is 2.59 bits per heavy atom. The Morgan fingerprint density at radius 2 is 2.05 bits per heavy atom. The van der Waals surface area contributed by atoms with Crippen LogP contribution >= 0.6 is 0 Å². The molecular weight excluding hydrogens is 302 g/mol. The zero-order valence-corrected chi connectivity index (χ0v) is 14.3. The van der Waals surface area contributed by atoms with Crippen LogP contribution in [0.5, 0.6) is 0 Å². The van der Waals surface area contributed by atoms with Crippen LogP contribution in [0.4, 0.5) is 0 Å². The lowest BCUT2D eigenvalue weighted by Crippen LogP contribution is -2.46. The van der Waals surface area contributed by atoms with Gasteiger partial charge in [0.2, 0.25) is 10.0 Å². The smallest absolute Gasteiger partial charge is 0.242 e. The number of nitrogens with zero attached hydrogens (tertiary/aromatic N) is 2. The van der Waals surface area contributed by atoms with Crippen LogP contribution in [0.2, 0.25) is 0 Å². The molecule has 1 heterocycles. The van der Waals surface area contributed by atoms with E-state index in [1.807, 2.05) is 0 Å². The van der Waals surface area contributed by atoms with E-state index in [0.29, 0.717) is 18.4 Å². The van der Waals surface area contributed by atoms with Gasteiger partial charge in [-0.3, -0.25) is 9.98 Å². The zero-order valence-electron chi connectivity index (χ0n) is 13.5. The van der Waals surface area contributed by atoms with Gasteiger partial charge in [0, 0.05) is 38.6 Å². The summed E-state index contributed by atoms with van der Waals surface area (Å²) >= 11 is 0. The first kappa shape index (κ1) is 18.4. The van der Waals surface area contributed by atoms with Crippen molar-refractivity contribution < 1.29 is 8.42 Å². The summed E-state index contributed by atoms with van der Waals surface area (Å²) < 4.78 is 26.5. The van der Waals surface area contributed by atoms with E-state index < -0.39 is 10.0 Å². The highest BCUT2D eigenvalue weighted by Gasteiger charge is 2.13. The molecule has 7 nitrogen and oxygen atoms in total. The molecule has 0 bridgehead atoms. The molecular formula is C14H25N5O2S. The highest BCUT2D eigenvalue weighted by Crippen LogP contribution is 2.04. The standard InChI is InChI=1S/C14H25N5O2S/c1-11(2)12(3)19-14(15-4)17-8-9-18-22(20,21)13-6-5-7-16-10-13/h5-7,10-12,18H,8-9H2,1-4H3,(H2,15,17,19). The van der Waals surface area contributed by atoms with Gasteiger partial charge in [0.25, 0.3) is 0 Å². The monoisotopic (exact) mass is 327 g/mol. The number of rotatable bonds is 7. The van der Waals surface area contributed by atoms with Gasteiger partial charge in [0.1, 0.15) is 4.90 Å². The molecule has 0 radical (unpaired) electrons. The summed E-state index contributed by atoms with van der Waals surface area (Å²) in [6.45, 7) is 7.00. The van der Waals surface area contributed by atoms with Crippen molar-refractivity contribution in [2.45, 2.75) is 31.7 Å². The first-order valence-corrected chi connectivity index (χ1v) is 8.72. The summed E-state index contributed by atoms with van der Waals surface area (Å²) in [4.78, 5) is 8.07. The molecule has 0 fully saturated rings. The summed E-state index contributed by atoms with van der Waals surface area (Å²) in [5.41, 5.74) is 0. The Bertz CT molecular complexity index is 572. The predicted octanol–water partition coefficient (Wildman–Crippen LogP) is 0.569. The zero-order chi connectivity index (χ0) is 16.6. The Balaban J connectivity index is 2.41. The van der Waals surface area contributed by atoms with Crippen LogP contribution in [-0.4, -0.2) is 45.5 Å². The van der Waals surface area contributed by atoms with Crippen molar-refractivity contribution in [3.8, 4) is 0 Å². The van der Waals surface area contributed by atoms with Crippen LogP contribution < -0.4 is 15.4 Å². The number of hydrogen-bond donors (Lipinski definition) is 3. The van der Waals surface area contributed by atoms with Crippen LogP contribution in [0.3, 0.4) is 0 Å². The number of guanidine groups is 1. The number of nitrogens with one attached hydrogen (secondary N) is 3. The van der Waals surface area contributed by atoms with Crippen molar-refractivity contribution in [1.82, 2.24) is 20.3 Å². The second kappa shape index (κ2) is 8.70. The molecule has 0 spiro atoms. The third kappa shape index (κ3) is 5.98. The largest absolute Gasteiger partial charge is 0.355 e. The first-order valence-electron chi connectivity index (χ1n) is 7.23. The lowest BCUT2D eigenvalue weighted by atomic mass is 10.1. The van der Waals surface area contributed by atoms with Gasteiger partial charge >= 0.3 is 0 Å². The van der Waals surface area contributed by atoms with Gasteiger partial charge in [0.15, 0.2) is 5.96 Å². The Hall–Kier alpha value is -1.67. The Morgan fingerprint density at radius 1 is 1.32 bits per heavy atom. The van der Waals surface area contributed by atoms with Gasteiger partial charge < -0.3 is 10.6 Å². The van der Waals surface area contributed by atoms with Crippen LogP contribution in [-0.2, 0) is 10.0 Å². The average Bonchev–Trinajstić information content (AvgIpc) is 2.50. The lowest BCUT2D eigenvalue weighted by molar-refractivity contribution is 0.481. The minimum atomic E-state index is -3.51. The fraction of sp³-hybridized carbons (Fsp3) is 0.571. The quantitative estimate of drug-likeness (QED) is 0.387. The van der Waals surface area contributed by atoms with Crippen LogP contribution in [0.1, 0.15) is 20.8 Å². The first-order chi connectivity index (χ1) is 10.4. The third-order valence-electron chi connectivity index (χ3n) is 3.24. The van der Waals surface area contributed by atoms with E-state index in [2.05, 4.69) is 46.1 Å². The molecule has 0 amide bonds. The molecule has 8 heteroatoms. The second-order valence-electron chi connectivity index (χ2n) is 5.26. The maximum atomic E-state index is 12.0. The maximum Gasteiger partial charge on any atom is 0.242 e. The fourth-order valence-corrected chi connectivity index (χ4v) is 2.53. The number of pyridine rings is 1. The van der Waals surface area contributed by atoms with Gasteiger partial charge in [0.05, 0.1) is 0 Å². The third-order valence-corrected chi connectivity index (χ3v) is 4.69. The molecule has 22 heavy (non-hydrogen) atoms. The summed E-state index contributed by atoms with van der Waals surface area (Å²) in [5.74, 6) is 1.13. The second-order valence-corrected chi connectivity index (χ2v) is 7.03. The average molecular weight is 327 g/mol. The van der Waals surface area contributed by atoms with Gasteiger partial charge in [-0.2, -0.15) is 0 Å². The van der Waals surface area contributed by atoms with Gasteiger partial charge in [-0.05, 0) is 25.0 Å². The van der Waals surface area contributed by atoms with Crippen LogP contribution in [0.15, 0.2) is 34.4 Å². The number of hydrogen-bond acceptors (Lipinski definition) is 4. The number of aromatic nitrogens is 1. The summed E-state index contributed by atoms with van der Waals surface area (Å²) in [6, 6.07) is 3.37. The van der Waals surface area contributed by atoms with Crippen molar-refractivity contribution >= 4 is 16.0 Å². The van der Waals surface area contributed by atoms with E-state index in [9.17, 15) is 8.42 Å². The molecule has 1 atom stereocenters. The molecule has 1 aromatic rings. The molecule has 124 valence electrons. The molecule has 1 rings (SSSR count). The molecule has 0 saturated carbocycles.